The Morgan fingerprint density at radius 3 is 2.18 bits per heavy atom. The molecule has 4 rings (SSSR count). The molecule has 0 aliphatic carbocycles. The number of halogens is 2. The summed E-state index contributed by atoms with van der Waals surface area (Å²) in [6.45, 7) is 5.85. The highest BCUT2D eigenvalue weighted by Crippen LogP contribution is 2.27. The second kappa shape index (κ2) is 15.6. The van der Waals surface area contributed by atoms with Gasteiger partial charge in [0.25, 0.3) is 10.0 Å². The van der Waals surface area contributed by atoms with Crippen molar-refractivity contribution in [2.75, 3.05) is 17.4 Å². The summed E-state index contributed by atoms with van der Waals surface area (Å²) in [5, 5.41) is 3.39. The van der Waals surface area contributed by atoms with Crippen molar-refractivity contribution < 1.29 is 18.0 Å². The maximum atomic E-state index is 14.5. The molecule has 0 aromatic heterocycles. The Labute approximate surface area is 279 Å². The molecule has 2 amide bonds. The van der Waals surface area contributed by atoms with E-state index in [1.165, 1.54) is 29.2 Å². The Morgan fingerprint density at radius 2 is 1.53 bits per heavy atom. The fraction of sp³-hybridized carbons (Fsp3) is 0.257. The van der Waals surface area contributed by atoms with Crippen molar-refractivity contribution in [2.45, 2.75) is 44.7 Å². The number of anilines is 1. The minimum Gasteiger partial charge on any atom is -0.354 e. The number of hydrogen-bond acceptors (Lipinski definition) is 4. The van der Waals surface area contributed by atoms with Crippen LogP contribution in [0.4, 0.5) is 5.69 Å². The molecule has 1 atom stereocenters. The van der Waals surface area contributed by atoms with Crippen molar-refractivity contribution >= 4 is 55.1 Å². The summed E-state index contributed by atoms with van der Waals surface area (Å²) in [7, 11) is -4.20. The first kappa shape index (κ1) is 34.2. The lowest BCUT2D eigenvalue weighted by Crippen LogP contribution is -2.53. The van der Waals surface area contributed by atoms with Crippen LogP contribution in [0.25, 0.3) is 0 Å². The Hall–Kier alpha value is -3.66. The van der Waals surface area contributed by atoms with Gasteiger partial charge in [-0.2, -0.15) is 0 Å². The van der Waals surface area contributed by atoms with Crippen LogP contribution in [0.2, 0.25) is 5.02 Å². The molecule has 0 aliphatic rings. The number of benzene rings is 4. The second-order valence-corrected chi connectivity index (χ2v) is 14.5. The number of nitrogens with one attached hydrogen (secondary N) is 1. The number of hydrogen-bond donors (Lipinski definition) is 1. The third-order valence-corrected chi connectivity index (χ3v) is 9.70. The lowest BCUT2D eigenvalue weighted by atomic mass is 10.0. The fourth-order valence-corrected chi connectivity index (χ4v) is 6.83. The van der Waals surface area contributed by atoms with E-state index in [4.69, 9.17) is 11.6 Å². The van der Waals surface area contributed by atoms with E-state index in [1.807, 2.05) is 81.4 Å². The molecule has 1 N–H and O–H groups in total. The average Bonchev–Trinajstić information content (AvgIpc) is 3.01. The minimum absolute atomic E-state index is 0.00439. The molecule has 7 nitrogen and oxygen atoms in total. The van der Waals surface area contributed by atoms with Gasteiger partial charge in [0.05, 0.1) is 10.6 Å². The Bertz CT molecular complexity index is 1720. The first-order valence-electron chi connectivity index (χ1n) is 14.6. The van der Waals surface area contributed by atoms with Crippen molar-refractivity contribution in [3.05, 3.63) is 129 Å². The molecule has 0 unspecified atom stereocenters. The highest BCUT2D eigenvalue weighted by Gasteiger charge is 2.34. The van der Waals surface area contributed by atoms with Crippen molar-refractivity contribution in [2.24, 2.45) is 5.92 Å². The predicted octanol–water partition coefficient (Wildman–Crippen LogP) is 7.02. The topological polar surface area (TPSA) is 86.8 Å². The molecule has 0 fully saturated rings. The summed E-state index contributed by atoms with van der Waals surface area (Å²) >= 11 is 9.56. The number of nitrogens with zero attached hydrogens (tertiary/aromatic N) is 2. The molecule has 0 aliphatic heterocycles. The molecule has 4 aromatic carbocycles. The number of amides is 2. The Kier molecular flexibility index (Phi) is 11.8. The van der Waals surface area contributed by atoms with E-state index in [0.717, 1.165) is 25.5 Å². The van der Waals surface area contributed by atoms with E-state index >= 15 is 0 Å². The maximum absolute atomic E-state index is 14.5. The number of rotatable bonds is 13. The van der Waals surface area contributed by atoms with Crippen LogP contribution in [0.1, 0.15) is 30.5 Å². The van der Waals surface area contributed by atoms with Crippen molar-refractivity contribution in [1.29, 1.82) is 0 Å². The smallest absolute Gasteiger partial charge is 0.264 e. The van der Waals surface area contributed by atoms with Crippen LogP contribution < -0.4 is 9.62 Å². The van der Waals surface area contributed by atoms with Gasteiger partial charge in [0.15, 0.2) is 0 Å². The summed E-state index contributed by atoms with van der Waals surface area (Å²) in [5.74, 6) is -0.630. The predicted molar refractivity (Wildman–Crippen MR) is 184 cm³/mol. The van der Waals surface area contributed by atoms with E-state index in [-0.39, 0.29) is 29.7 Å². The first-order chi connectivity index (χ1) is 21.4. The van der Waals surface area contributed by atoms with Crippen LogP contribution in [-0.2, 0) is 32.6 Å². The van der Waals surface area contributed by atoms with Gasteiger partial charge in [-0.15, -0.1) is 0 Å². The van der Waals surface area contributed by atoms with Gasteiger partial charge in [0.1, 0.15) is 12.6 Å². The van der Waals surface area contributed by atoms with Crippen molar-refractivity contribution in [3.63, 3.8) is 0 Å². The molecule has 45 heavy (non-hydrogen) atoms. The van der Waals surface area contributed by atoms with Gasteiger partial charge < -0.3 is 10.2 Å². The Balaban J connectivity index is 1.80. The summed E-state index contributed by atoms with van der Waals surface area (Å²) in [4.78, 5) is 29.8. The normalized spacial score (nSPS) is 12.0. The van der Waals surface area contributed by atoms with Crippen LogP contribution in [-0.4, -0.2) is 44.3 Å². The summed E-state index contributed by atoms with van der Waals surface area (Å²) in [6.07, 6.45) is 0.249. The van der Waals surface area contributed by atoms with Crippen LogP contribution in [0.15, 0.2) is 112 Å². The van der Waals surface area contributed by atoms with Crippen LogP contribution in [0, 0.1) is 12.8 Å². The first-order valence-corrected chi connectivity index (χ1v) is 17.3. The molecule has 4 aromatic rings. The molecule has 0 heterocycles. The van der Waals surface area contributed by atoms with Gasteiger partial charge in [0.2, 0.25) is 11.8 Å². The van der Waals surface area contributed by atoms with Gasteiger partial charge >= 0.3 is 0 Å². The highest BCUT2D eigenvalue weighted by molar-refractivity contribution is 9.10. The third kappa shape index (κ3) is 9.42. The van der Waals surface area contributed by atoms with Crippen molar-refractivity contribution in [3.8, 4) is 0 Å². The standard InChI is InChI=1S/C35H37BrClN3O4S/c1-25(2)22-38-35(42)33(21-27-10-5-4-6-11-27)39(23-28-12-8-13-29(36)20-28)34(41)24-40(31-14-7-9-26(3)19-31)45(43,44)32-17-15-30(37)16-18-32/h4-20,25,33H,21-24H2,1-3H3,(H,38,42)/t33-/m0/s1. The number of aryl methyl sites for hydroxylation is 1. The van der Waals surface area contributed by atoms with E-state index in [1.54, 1.807) is 18.2 Å². The molecule has 10 heteroatoms. The maximum Gasteiger partial charge on any atom is 0.264 e. The van der Waals surface area contributed by atoms with E-state index in [9.17, 15) is 18.0 Å². The monoisotopic (exact) mass is 709 g/mol. The lowest BCUT2D eigenvalue weighted by Gasteiger charge is -2.34. The quantitative estimate of drug-likeness (QED) is 0.162. The summed E-state index contributed by atoms with van der Waals surface area (Å²) in [6, 6.07) is 28.9. The zero-order chi connectivity index (χ0) is 32.6. The van der Waals surface area contributed by atoms with Gasteiger partial charge in [-0.05, 0) is 78.1 Å². The minimum atomic E-state index is -4.20. The van der Waals surface area contributed by atoms with E-state index < -0.39 is 28.5 Å². The molecule has 0 radical (unpaired) electrons. The van der Waals surface area contributed by atoms with Crippen molar-refractivity contribution in [1.82, 2.24) is 10.2 Å². The number of sulfonamides is 1. The lowest BCUT2D eigenvalue weighted by molar-refractivity contribution is -0.140. The molecule has 0 bridgehead atoms. The van der Waals surface area contributed by atoms with E-state index in [0.29, 0.717) is 17.3 Å². The molecule has 236 valence electrons. The molecule has 0 spiro atoms. The molecular formula is C35H37BrClN3O4S. The zero-order valence-electron chi connectivity index (χ0n) is 25.5. The van der Waals surface area contributed by atoms with Gasteiger partial charge in [0, 0.05) is 29.0 Å². The van der Waals surface area contributed by atoms with Crippen LogP contribution in [0.5, 0.6) is 0 Å². The fourth-order valence-electron chi connectivity index (χ4n) is 4.85. The Morgan fingerprint density at radius 1 is 0.867 bits per heavy atom. The third-order valence-electron chi connectivity index (χ3n) is 7.17. The van der Waals surface area contributed by atoms with E-state index in [2.05, 4.69) is 21.2 Å². The van der Waals surface area contributed by atoms with Crippen LogP contribution >= 0.6 is 27.5 Å². The molecular weight excluding hydrogens is 674 g/mol. The molecule has 0 saturated heterocycles. The number of carbonyl (C=O) groups is 2. The highest BCUT2D eigenvalue weighted by atomic mass is 79.9. The van der Waals surface area contributed by atoms with Gasteiger partial charge in [-0.3, -0.25) is 13.9 Å². The SMILES string of the molecule is Cc1cccc(N(CC(=O)N(Cc2cccc(Br)c2)[C@@H](Cc2ccccc2)C(=O)NCC(C)C)S(=O)(=O)c2ccc(Cl)cc2)c1. The largest absolute Gasteiger partial charge is 0.354 e. The second-order valence-electron chi connectivity index (χ2n) is 11.3. The van der Waals surface area contributed by atoms with Crippen LogP contribution in [0.3, 0.4) is 0 Å². The average molecular weight is 711 g/mol. The summed E-state index contributed by atoms with van der Waals surface area (Å²) < 4.78 is 30.2. The van der Waals surface area contributed by atoms with Gasteiger partial charge in [-0.25, -0.2) is 8.42 Å². The zero-order valence-corrected chi connectivity index (χ0v) is 28.6. The number of carbonyl (C=O) groups excluding carboxylic acids is 2. The van der Waals surface area contributed by atoms with Gasteiger partial charge in [-0.1, -0.05) is 96.0 Å². The summed E-state index contributed by atoms with van der Waals surface area (Å²) in [5.41, 5.74) is 2.83. The molecule has 0 saturated carbocycles.